The lowest BCUT2D eigenvalue weighted by Crippen LogP contribution is -2.34. The first-order valence-electron chi connectivity index (χ1n) is 5.13. The summed E-state index contributed by atoms with van der Waals surface area (Å²) in [6.07, 6.45) is 0.429. The normalized spacial score (nSPS) is 19.9. The van der Waals surface area contributed by atoms with Gasteiger partial charge in [-0.3, -0.25) is 0 Å². The molecule has 0 aromatic heterocycles. The minimum Gasteiger partial charge on any atom is -0.409 e. The number of para-hydroxylation sites is 1. The number of halogens is 1. The molecule has 0 saturated carbocycles. The van der Waals surface area contributed by atoms with Crippen molar-refractivity contribution in [2.24, 2.45) is 5.73 Å². The zero-order valence-corrected chi connectivity index (χ0v) is 9.48. The van der Waals surface area contributed by atoms with Crippen molar-refractivity contribution in [2.45, 2.75) is 12.5 Å². The predicted molar refractivity (Wildman–Crippen MR) is 61.6 cm³/mol. The summed E-state index contributed by atoms with van der Waals surface area (Å²) in [5, 5.41) is 0.430. The lowest BCUT2D eigenvalue weighted by atomic mass is 10.3. The molecule has 86 valence electrons. The van der Waals surface area contributed by atoms with E-state index in [2.05, 4.69) is 0 Å². The van der Waals surface area contributed by atoms with Crippen LogP contribution in [0.3, 0.4) is 0 Å². The van der Waals surface area contributed by atoms with Crippen LogP contribution in [0.2, 0.25) is 5.02 Å². The van der Waals surface area contributed by atoms with E-state index in [9.17, 15) is 4.79 Å². The number of carbonyl (C=O) groups is 1. The highest BCUT2D eigenvalue weighted by Gasteiger charge is 2.25. The number of hydrogen-bond donors (Lipinski definition) is 1. The Morgan fingerprint density at radius 2 is 2.25 bits per heavy atom. The van der Waals surface area contributed by atoms with E-state index < -0.39 is 0 Å². The van der Waals surface area contributed by atoms with Crippen LogP contribution < -0.4 is 10.5 Å². The summed E-state index contributed by atoms with van der Waals surface area (Å²) in [4.78, 5) is 13.3. The van der Waals surface area contributed by atoms with E-state index in [-0.39, 0.29) is 12.1 Å². The molecule has 0 aliphatic carbocycles. The lowest BCUT2D eigenvalue weighted by molar-refractivity contribution is 0.162. The molecule has 0 spiro atoms. The summed E-state index contributed by atoms with van der Waals surface area (Å²) < 4.78 is 5.18. The summed E-state index contributed by atoms with van der Waals surface area (Å²) in [5.74, 6) is 0.384. The third-order valence-electron chi connectivity index (χ3n) is 2.52. The largest absolute Gasteiger partial charge is 0.415 e. The van der Waals surface area contributed by atoms with Gasteiger partial charge in [0.2, 0.25) is 0 Å². The minimum atomic E-state index is -0.388. The number of likely N-dealkylation sites (tertiary alicyclic amines) is 1. The van der Waals surface area contributed by atoms with Gasteiger partial charge in [-0.25, -0.2) is 4.79 Å². The predicted octanol–water partition coefficient (Wildman–Crippen LogP) is 1.87. The summed E-state index contributed by atoms with van der Waals surface area (Å²) in [5.41, 5.74) is 5.71. The monoisotopic (exact) mass is 240 g/mol. The summed E-state index contributed by atoms with van der Waals surface area (Å²) in [6, 6.07) is 6.95. The molecule has 1 aliphatic heterocycles. The van der Waals surface area contributed by atoms with E-state index in [1.165, 1.54) is 0 Å². The molecule has 1 aromatic rings. The fraction of sp³-hybridized carbons (Fsp3) is 0.364. The number of benzene rings is 1. The number of nitrogens with zero attached hydrogens (tertiary/aromatic N) is 1. The maximum atomic E-state index is 11.7. The Morgan fingerprint density at radius 1 is 1.50 bits per heavy atom. The van der Waals surface area contributed by atoms with E-state index in [1.54, 1.807) is 29.2 Å². The van der Waals surface area contributed by atoms with Crippen molar-refractivity contribution in [1.82, 2.24) is 4.90 Å². The highest BCUT2D eigenvalue weighted by atomic mass is 35.5. The second-order valence-corrected chi connectivity index (χ2v) is 4.20. The molecule has 1 unspecified atom stereocenters. The van der Waals surface area contributed by atoms with Crippen molar-refractivity contribution in [3.63, 3.8) is 0 Å². The number of amides is 1. The minimum absolute atomic E-state index is 0.0544. The van der Waals surface area contributed by atoms with Crippen molar-refractivity contribution in [2.75, 3.05) is 13.1 Å². The van der Waals surface area contributed by atoms with Gasteiger partial charge in [0, 0.05) is 19.1 Å². The van der Waals surface area contributed by atoms with Crippen LogP contribution in [0.25, 0.3) is 0 Å². The van der Waals surface area contributed by atoms with E-state index in [1.807, 2.05) is 0 Å². The molecule has 4 nitrogen and oxygen atoms in total. The molecular weight excluding hydrogens is 228 g/mol. The van der Waals surface area contributed by atoms with Crippen LogP contribution in [0.4, 0.5) is 4.79 Å². The van der Waals surface area contributed by atoms with Crippen LogP contribution in [0.5, 0.6) is 5.75 Å². The maximum absolute atomic E-state index is 11.7. The molecule has 2 rings (SSSR count). The summed E-state index contributed by atoms with van der Waals surface area (Å²) in [6.45, 7) is 1.19. The van der Waals surface area contributed by atoms with E-state index in [0.717, 1.165) is 6.42 Å². The van der Waals surface area contributed by atoms with Crippen LogP contribution in [-0.4, -0.2) is 30.1 Å². The average molecular weight is 241 g/mol. The smallest absolute Gasteiger partial charge is 0.409 e. The fourth-order valence-electron chi connectivity index (χ4n) is 1.64. The van der Waals surface area contributed by atoms with Gasteiger partial charge in [-0.2, -0.15) is 0 Å². The topological polar surface area (TPSA) is 55.6 Å². The van der Waals surface area contributed by atoms with Gasteiger partial charge in [-0.15, -0.1) is 0 Å². The van der Waals surface area contributed by atoms with Gasteiger partial charge in [0.1, 0.15) is 0 Å². The molecule has 0 bridgehead atoms. The Morgan fingerprint density at radius 3 is 2.88 bits per heavy atom. The molecule has 1 fully saturated rings. The standard InChI is InChI=1S/C11H13ClN2O2/c12-9-3-1-2-4-10(9)16-11(15)14-6-5-8(13)7-14/h1-4,8H,5-7,13H2. The van der Waals surface area contributed by atoms with Crippen molar-refractivity contribution in [3.05, 3.63) is 29.3 Å². The molecular formula is C11H13ClN2O2. The van der Waals surface area contributed by atoms with Crippen LogP contribution in [0.1, 0.15) is 6.42 Å². The Bertz CT molecular complexity index is 397. The number of carbonyl (C=O) groups excluding carboxylic acids is 1. The van der Waals surface area contributed by atoms with Crippen LogP contribution in [0.15, 0.2) is 24.3 Å². The van der Waals surface area contributed by atoms with Gasteiger partial charge in [0.15, 0.2) is 5.75 Å². The maximum Gasteiger partial charge on any atom is 0.415 e. The highest BCUT2D eigenvalue weighted by Crippen LogP contribution is 2.24. The number of hydrogen-bond acceptors (Lipinski definition) is 3. The first-order valence-corrected chi connectivity index (χ1v) is 5.51. The Kier molecular flexibility index (Phi) is 3.31. The zero-order valence-electron chi connectivity index (χ0n) is 8.73. The molecule has 16 heavy (non-hydrogen) atoms. The van der Waals surface area contributed by atoms with Crippen LogP contribution in [-0.2, 0) is 0 Å². The quantitative estimate of drug-likeness (QED) is 0.815. The Hall–Kier alpha value is -1.26. The van der Waals surface area contributed by atoms with Gasteiger partial charge in [-0.1, -0.05) is 23.7 Å². The van der Waals surface area contributed by atoms with Gasteiger partial charge < -0.3 is 15.4 Å². The lowest BCUT2D eigenvalue weighted by Gasteiger charge is -2.15. The second kappa shape index (κ2) is 4.72. The molecule has 0 radical (unpaired) electrons. The van der Waals surface area contributed by atoms with Crippen LogP contribution in [0, 0.1) is 0 Å². The third kappa shape index (κ3) is 2.46. The zero-order chi connectivity index (χ0) is 11.5. The van der Waals surface area contributed by atoms with Crippen LogP contribution >= 0.6 is 11.6 Å². The van der Waals surface area contributed by atoms with Gasteiger partial charge in [-0.05, 0) is 18.6 Å². The number of rotatable bonds is 1. The number of ether oxygens (including phenoxy) is 1. The molecule has 1 saturated heterocycles. The second-order valence-electron chi connectivity index (χ2n) is 3.79. The molecule has 1 aromatic carbocycles. The molecule has 1 heterocycles. The third-order valence-corrected chi connectivity index (χ3v) is 2.83. The van der Waals surface area contributed by atoms with E-state index in [0.29, 0.717) is 23.9 Å². The highest BCUT2D eigenvalue weighted by molar-refractivity contribution is 6.32. The van der Waals surface area contributed by atoms with Gasteiger partial charge in [0.25, 0.3) is 0 Å². The average Bonchev–Trinajstić information content (AvgIpc) is 2.68. The van der Waals surface area contributed by atoms with Crippen molar-refractivity contribution in [1.29, 1.82) is 0 Å². The molecule has 2 N–H and O–H groups in total. The van der Waals surface area contributed by atoms with Gasteiger partial charge in [0.05, 0.1) is 5.02 Å². The fourth-order valence-corrected chi connectivity index (χ4v) is 1.81. The molecule has 5 heteroatoms. The van der Waals surface area contributed by atoms with E-state index in [4.69, 9.17) is 22.1 Å². The first-order chi connectivity index (χ1) is 7.66. The molecule has 1 atom stereocenters. The summed E-state index contributed by atoms with van der Waals surface area (Å²) >= 11 is 5.88. The Balaban J connectivity index is 2.00. The molecule has 1 aliphatic rings. The van der Waals surface area contributed by atoms with Crippen molar-refractivity contribution < 1.29 is 9.53 Å². The van der Waals surface area contributed by atoms with E-state index >= 15 is 0 Å². The number of nitrogens with two attached hydrogens (primary N) is 1. The first kappa shape index (κ1) is 11.2. The molecule has 1 amide bonds. The SMILES string of the molecule is NC1CCN(C(=O)Oc2ccccc2Cl)C1. The summed E-state index contributed by atoms with van der Waals surface area (Å²) in [7, 11) is 0. The van der Waals surface area contributed by atoms with Gasteiger partial charge >= 0.3 is 6.09 Å². The Labute approximate surface area is 98.9 Å². The van der Waals surface area contributed by atoms with Crippen molar-refractivity contribution in [3.8, 4) is 5.75 Å². The van der Waals surface area contributed by atoms with Crippen molar-refractivity contribution >= 4 is 17.7 Å².